The van der Waals surface area contributed by atoms with Gasteiger partial charge in [0, 0.05) is 32.6 Å². The molecule has 1 saturated heterocycles. The lowest BCUT2D eigenvalue weighted by Gasteiger charge is -2.32. The lowest BCUT2D eigenvalue weighted by atomic mass is 9.96. The van der Waals surface area contributed by atoms with Crippen LogP contribution in [0.2, 0.25) is 0 Å². The summed E-state index contributed by atoms with van der Waals surface area (Å²) in [6.45, 7) is 4.53. The fourth-order valence-electron chi connectivity index (χ4n) is 2.80. The minimum Gasteiger partial charge on any atom is -0.355 e. The van der Waals surface area contributed by atoms with Gasteiger partial charge in [0.2, 0.25) is 11.8 Å². The molecule has 5 heteroatoms. The number of hydrogen-bond donors (Lipinski definition) is 2. The van der Waals surface area contributed by atoms with Crippen molar-refractivity contribution in [1.29, 1.82) is 0 Å². The summed E-state index contributed by atoms with van der Waals surface area (Å²) in [4.78, 5) is 26.0. The second-order valence-corrected chi connectivity index (χ2v) is 5.92. The monoisotopic (exact) mass is 297 g/mol. The van der Waals surface area contributed by atoms with E-state index in [1.165, 1.54) is 19.3 Å². The molecule has 0 aliphatic carbocycles. The van der Waals surface area contributed by atoms with Crippen LogP contribution in [-0.2, 0) is 9.59 Å². The van der Waals surface area contributed by atoms with Crippen LogP contribution >= 0.6 is 0 Å². The van der Waals surface area contributed by atoms with E-state index in [-0.39, 0.29) is 17.7 Å². The summed E-state index contributed by atoms with van der Waals surface area (Å²) < 4.78 is 0. The normalized spacial score (nSPS) is 18.6. The molecule has 1 rings (SSSR count). The molecule has 0 bridgehead atoms. The average Bonchev–Trinajstić information content (AvgIpc) is 2.52. The lowest BCUT2D eigenvalue weighted by Crippen LogP contribution is -2.46. The summed E-state index contributed by atoms with van der Waals surface area (Å²) in [5, 5.41) is 2.83. The fourth-order valence-corrected chi connectivity index (χ4v) is 2.80. The van der Waals surface area contributed by atoms with Crippen LogP contribution in [0.15, 0.2) is 0 Å². The number of likely N-dealkylation sites (tertiary alicyclic amines) is 1. The molecule has 3 N–H and O–H groups in total. The van der Waals surface area contributed by atoms with Crippen molar-refractivity contribution in [1.82, 2.24) is 10.2 Å². The van der Waals surface area contributed by atoms with Crippen LogP contribution in [0.1, 0.15) is 58.3 Å². The number of carbonyl (C=O) groups is 2. The molecule has 0 aromatic carbocycles. The van der Waals surface area contributed by atoms with E-state index < -0.39 is 0 Å². The van der Waals surface area contributed by atoms with E-state index in [9.17, 15) is 9.59 Å². The third-order valence-electron chi connectivity index (χ3n) is 4.08. The number of nitrogens with one attached hydrogen (secondary N) is 1. The average molecular weight is 297 g/mol. The molecule has 5 nitrogen and oxygen atoms in total. The molecule has 21 heavy (non-hydrogen) atoms. The predicted molar refractivity (Wildman–Crippen MR) is 84.7 cm³/mol. The highest BCUT2D eigenvalue weighted by Crippen LogP contribution is 2.18. The fraction of sp³-hybridized carbons (Fsp3) is 0.875. The van der Waals surface area contributed by atoms with E-state index in [0.717, 1.165) is 32.2 Å². The van der Waals surface area contributed by atoms with Crippen molar-refractivity contribution in [3.8, 4) is 0 Å². The molecule has 0 radical (unpaired) electrons. The highest BCUT2D eigenvalue weighted by Gasteiger charge is 2.27. The SMILES string of the molecule is CCCCCCCC(=O)N1CCCC(C(=O)NCCN)C1. The summed E-state index contributed by atoms with van der Waals surface area (Å²) >= 11 is 0. The number of piperidine rings is 1. The number of carbonyl (C=O) groups excluding carboxylic acids is 2. The van der Waals surface area contributed by atoms with E-state index in [4.69, 9.17) is 5.73 Å². The Hall–Kier alpha value is -1.10. The second-order valence-electron chi connectivity index (χ2n) is 5.92. The number of amides is 2. The second kappa shape index (κ2) is 10.6. The minimum absolute atomic E-state index is 0.0425. The first-order valence-corrected chi connectivity index (χ1v) is 8.44. The Morgan fingerprint density at radius 2 is 2.00 bits per heavy atom. The van der Waals surface area contributed by atoms with Crippen molar-refractivity contribution >= 4 is 11.8 Å². The molecular weight excluding hydrogens is 266 g/mol. The van der Waals surface area contributed by atoms with Gasteiger partial charge in [-0.1, -0.05) is 32.6 Å². The number of nitrogens with zero attached hydrogens (tertiary/aromatic N) is 1. The molecule has 0 saturated carbocycles. The molecule has 2 amide bonds. The van der Waals surface area contributed by atoms with E-state index in [0.29, 0.717) is 26.1 Å². The van der Waals surface area contributed by atoms with Gasteiger partial charge in [0.25, 0.3) is 0 Å². The molecule has 1 heterocycles. The maximum Gasteiger partial charge on any atom is 0.224 e. The van der Waals surface area contributed by atoms with Gasteiger partial charge in [0.15, 0.2) is 0 Å². The van der Waals surface area contributed by atoms with Crippen molar-refractivity contribution in [2.45, 2.75) is 58.3 Å². The molecule has 0 aromatic rings. The van der Waals surface area contributed by atoms with Crippen LogP contribution in [0.5, 0.6) is 0 Å². The molecule has 1 fully saturated rings. The largest absolute Gasteiger partial charge is 0.355 e. The van der Waals surface area contributed by atoms with Gasteiger partial charge in [-0.2, -0.15) is 0 Å². The number of hydrogen-bond acceptors (Lipinski definition) is 3. The van der Waals surface area contributed by atoms with Crippen LogP contribution in [0.25, 0.3) is 0 Å². The standard InChI is InChI=1S/C16H31N3O2/c1-2-3-4-5-6-9-15(20)19-12-7-8-14(13-19)16(21)18-11-10-17/h14H,2-13,17H2,1H3,(H,18,21). The zero-order chi connectivity index (χ0) is 15.5. The summed E-state index contributed by atoms with van der Waals surface area (Å²) in [7, 11) is 0. The molecule has 1 aliphatic heterocycles. The first-order valence-electron chi connectivity index (χ1n) is 8.44. The van der Waals surface area contributed by atoms with Crippen LogP contribution in [0.3, 0.4) is 0 Å². The highest BCUT2D eigenvalue weighted by molar-refractivity contribution is 5.81. The van der Waals surface area contributed by atoms with E-state index in [1.54, 1.807) is 0 Å². The maximum absolute atomic E-state index is 12.2. The Morgan fingerprint density at radius 3 is 2.71 bits per heavy atom. The summed E-state index contributed by atoms with van der Waals surface area (Å²) in [5.41, 5.74) is 5.39. The van der Waals surface area contributed by atoms with Gasteiger partial charge in [-0.25, -0.2) is 0 Å². The first kappa shape index (κ1) is 18.0. The number of rotatable bonds is 9. The van der Waals surface area contributed by atoms with Crippen LogP contribution < -0.4 is 11.1 Å². The quantitative estimate of drug-likeness (QED) is 0.636. The van der Waals surface area contributed by atoms with Gasteiger partial charge in [0.05, 0.1) is 5.92 Å². The lowest BCUT2D eigenvalue weighted by molar-refractivity contribution is -0.135. The Balaban J connectivity index is 2.27. The third-order valence-corrected chi connectivity index (χ3v) is 4.08. The Kier molecular flexibility index (Phi) is 9.06. The number of unbranched alkanes of at least 4 members (excludes halogenated alkanes) is 4. The Morgan fingerprint density at radius 1 is 1.24 bits per heavy atom. The van der Waals surface area contributed by atoms with Crippen molar-refractivity contribution in [3.63, 3.8) is 0 Å². The van der Waals surface area contributed by atoms with Gasteiger partial charge in [0.1, 0.15) is 0 Å². The van der Waals surface area contributed by atoms with Gasteiger partial charge in [-0.3, -0.25) is 9.59 Å². The van der Waals surface area contributed by atoms with Crippen molar-refractivity contribution < 1.29 is 9.59 Å². The smallest absolute Gasteiger partial charge is 0.224 e. The van der Waals surface area contributed by atoms with Gasteiger partial charge in [-0.05, 0) is 19.3 Å². The zero-order valence-corrected chi connectivity index (χ0v) is 13.4. The minimum atomic E-state index is -0.0608. The van der Waals surface area contributed by atoms with Crippen molar-refractivity contribution in [3.05, 3.63) is 0 Å². The van der Waals surface area contributed by atoms with Gasteiger partial charge in [-0.15, -0.1) is 0 Å². The third kappa shape index (κ3) is 6.93. The maximum atomic E-state index is 12.2. The van der Waals surface area contributed by atoms with E-state index in [2.05, 4.69) is 12.2 Å². The topological polar surface area (TPSA) is 75.4 Å². The summed E-state index contributed by atoms with van der Waals surface area (Å²) in [5.74, 6) is 0.193. The molecule has 122 valence electrons. The highest BCUT2D eigenvalue weighted by atomic mass is 16.2. The molecule has 1 unspecified atom stereocenters. The zero-order valence-electron chi connectivity index (χ0n) is 13.4. The Labute approximate surface area is 128 Å². The van der Waals surface area contributed by atoms with Crippen LogP contribution in [0.4, 0.5) is 0 Å². The van der Waals surface area contributed by atoms with Crippen molar-refractivity contribution in [2.24, 2.45) is 11.7 Å². The molecule has 1 aliphatic rings. The summed E-state index contributed by atoms with van der Waals surface area (Å²) in [6.07, 6.45) is 8.21. The van der Waals surface area contributed by atoms with Gasteiger partial charge < -0.3 is 16.0 Å². The number of nitrogens with two attached hydrogens (primary N) is 1. The van der Waals surface area contributed by atoms with E-state index >= 15 is 0 Å². The summed E-state index contributed by atoms with van der Waals surface area (Å²) in [6, 6.07) is 0. The van der Waals surface area contributed by atoms with Crippen molar-refractivity contribution in [2.75, 3.05) is 26.2 Å². The molecule has 0 aromatic heterocycles. The van der Waals surface area contributed by atoms with Gasteiger partial charge >= 0.3 is 0 Å². The molecular formula is C16H31N3O2. The van der Waals surface area contributed by atoms with Crippen LogP contribution in [0, 0.1) is 5.92 Å². The molecule has 1 atom stereocenters. The molecule has 0 spiro atoms. The Bertz CT molecular complexity index is 321. The predicted octanol–water partition coefficient (Wildman–Crippen LogP) is 1.66. The van der Waals surface area contributed by atoms with E-state index in [1.807, 2.05) is 4.90 Å². The first-order chi connectivity index (χ1) is 10.2. The van der Waals surface area contributed by atoms with Crippen LogP contribution in [-0.4, -0.2) is 42.9 Å².